The standard InChI is InChI=1S/C12H20N2O4/c1-3-9(12(17)18)14-10(15)4-5-13-11(16)8-6-7(8)2/h7-9H,3-6H2,1-2H3,(H,13,16)(H,14,15)(H,17,18)/t7?,8?,9-/m0/s1. The molecular weight excluding hydrogens is 236 g/mol. The third-order valence-corrected chi connectivity index (χ3v) is 3.14. The number of hydrogen-bond acceptors (Lipinski definition) is 3. The lowest BCUT2D eigenvalue weighted by Crippen LogP contribution is -2.41. The van der Waals surface area contributed by atoms with Crippen molar-refractivity contribution >= 4 is 17.8 Å². The largest absolute Gasteiger partial charge is 0.480 e. The Labute approximate surface area is 106 Å². The van der Waals surface area contributed by atoms with E-state index in [1.54, 1.807) is 6.92 Å². The third kappa shape index (κ3) is 4.35. The fourth-order valence-corrected chi connectivity index (χ4v) is 1.72. The lowest BCUT2D eigenvalue weighted by Gasteiger charge is -2.12. The molecule has 0 radical (unpaired) electrons. The maximum absolute atomic E-state index is 11.4. The molecule has 3 N–H and O–H groups in total. The van der Waals surface area contributed by atoms with Gasteiger partial charge in [0.15, 0.2) is 0 Å². The van der Waals surface area contributed by atoms with Crippen molar-refractivity contribution in [1.82, 2.24) is 10.6 Å². The van der Waals surface area contributed by atoms with Crippen molar-refractivity contribution in [2.75, 3.05) is 6.54 Å². The highest BCUT2D eigenvalue weighted by Crippen LogP contribution is 2.37. The lowest BCUT2D eigenvalue weighted by molar-refractivity contribution is -0.142. The summed E-state index contributed by atoms with van der Waals surface area (Å²) in [5.41, 5.74) is 0. The molecule has 0 bridgehead atoms. The highest BCUT2D eigenvalue weighted by molar-refractivity contribution is 5.84. The van der Waals surface area contributed by atoms with Crippen molar-refractivity contribution < 1.29 is 19.5 Å². The third-order valence-electron chi connectivity index (χ3n) is 3.14. The van der Waals surface area contributed by atoms with Gasteiger partial charge in [-0.3, -0.25) is 9.59 Å². The van der Waals surface area contributed by atoms with Crippen LogP contribution in [-0.2, 0) is 14.4 Å². The number of carboxylic acids is 1. The van der Waals surface area contributed by atoms with Crippen LogP contribution < -0.4 is 10.6 Å². The molecule has 0 spiro atoms. The van der Waals surface area contributed by atoms with E-state index in [4.69, 9.17) is 5.11 Å². The molecule has 1 aliphatic carbocycles. The van der Waals surface area contributed by atoms with Gasteiger partial charge in [-0.25, -0.2) is 4.79 Å². The first-order valence-electron chi connectivity index (χ1n) is 6.25. The van der Waals surface area contributed by atoms with E-state index in [2.05, 4.69) is 10.6 Å². The van der Waals surface area contributed by atoms with Crippen LogP contribution in [0.4, 0.5) is 0 Å². The van der Waals surface area contributed by atoms with Crippen LogP contribution in [0, 0.1) is 11.8 Å². The predicted molar refractivity (Wildman–Crippen MR) is 64.8 cm³/mol. The van der Waals surface area contributed by atoms with Gasteiger partial charge in [0.2, 0.25) is 11.8 Å². The Bertz CT molecular complexity index is 343. The van der Waals surface area contributed by atoms with E-state index in [-0.39, 0.29) is 30.7 Å². The molecule has 18 heavy (non-hydrogen) atoms. The van der Waals surface area contributed by atoms with Gasteiger partial charge in [0.05, 0.1) is 0 Å². The predicted octanol–water partition coefficient (Wildman–Crippen LogP) is 0.128. The molecule has 0 aromatic carbocycles. The molecule has 2 amide bonds. The van der Waals surface area contributed by atoms with Crippen molar-refractivity contribution in [1.29, 1.82) is 0 Å². The average Bonchev–Trinajstić information content (AvgIpc) is 3.02. The number of amides is 2. The first kappa shape index (κ1) is 14.5. The highest BCUT2D eigenvalue weighted by Gasteiger charge is 2.38. The average molecular weight is 256 g/mol. The number of hydrogen-bond donors (Lipinski definition) is 3. The Balaban J connectivity index is 2.16. The van der Waals surface area contributed by atoms with E-state index in [1.807, 2.05) is 6.92 Å². The Kier molecular flexibility index (Phi) is 5.12. The van der Waals surface area contributed by atoms with Gasteiger partial charge < -0.3 is 15.7 Å². The van der Waals surface area contributed by atoms with E-state index < -0.39 is 12.0 Å². The number of carboxylic acid groups (broad SMARTS) is 1. The summed E-state index contributed by atoms with van der Waals surface area (Å²) in [4.78, 5) is 33.6. The number of carbonyl (C=O) groups is 3. The molecular formula is C12H20N2O4. The number of carbonyl (C=O) groups excluding carboxylic acids is 2. The Morgan fingerprint density at radius 1 is 1.39 bits per heavy atom. The van der Waals surface area contributed by atoms with Crippen LogP contribution in [0.2, 0.25) is 0 Å². The summed E-state index contributed by atoms with van der Waals surface area (Å²) in [6.07, 6.45) is 1.36. The fraction of sp³-hybridized carbons (Fsp3) is 0.750. The molecule has 3 atom stereocenters. The Morgan fingerprint density at radius 3 is 2.44 bits per heavy atom. The van der Waals surface area contributed by atoms with Crippen molar-refractivity contribution in [3.05, 3.63) is 0 Å². The molecule has 1 rings (SSSR count). The van der Waals surface area contributed by atoms with Crippen LogP contribution in [0.1, 0.15) is 33.1 Å². The lowest BCUT2D eigenvalue weighted by atomic mass is 10.2. The van der Waals surface area contributed by atoms with Gasteiger partial charge in [-0.15, -0.1) is 0 Å². The number of aliphatic carboxylic acids is 1. The van der Waals surface area contributed by atoms with Gasteiger partial charge in [-0.05, 0) is 18.8 Å². The summed E-state index contributed by atoms with van der Waals surface area (Å²) < 4.78 is 0. The van der Waals surface area contributed by atoms with Gasteiger partial charge in [-0.2, -0.15) is 0 Å². The quantitative estimate of drug-likeness (QED) is 0.603. The minimum absolute atomic E-state index is 0.0134. The first-order chi connectivity index (χ1) is 8.45. The summed E-state index contributed by atoms with van der Waals surface area (Å²) >= 11 is 0. The van der Waals surface area contributed by atoms with Crippen molar-refractivity contribution in [2.45, 2.75) is 39.2 Å². The van der Waals surface area contributed by atoms with E-state index >= 15 is 0 Å². The maximum Gasteiger partial charge on any atom is 0.326 e. The summed E-state index contributed by atoms with van der Waals surface area (Å²) in [7, 11) is 0. The zero-order chi connectivity index (χ0) is 13.7. The maximum atomic E-state index is 11.4. The normalized spacial score (nSPS) is 23.0. The van der Waals surface area contributed by atoms with Gasteiger partial charge in [-0.1, -0.05) is 13.8 Å². The second kappa shape index (κ2) is 6.37. The molecule has 0 heterocycles. The molecule has 0 aromatic heterocycles. The molecule has 1 saturated carbocycles. The van der Waals surface area contributed by atoms with E-state index in [0.717, 1.165) is 6.42 Å². The number of rotatable bonds is 7. The molecule has 1 fully saturated rings. The number of nitrogens with one attached hydrogen (secondary N) is 2. The van der Waals surface area contributed by atoms with E-state index in [1.165, 1.54) is 0 Å². The van der Waals surface area contributed by atoms with Crippen LogP contribution in [0.5, 0.6) is 0 Å². The Hall–Kier alpha value is -1.59. The van der Waals surface area contributed by atoms with E-state index in [9.17, 15) is 14.4 Å². The second-order valence-electron chi connectivity index (χ2n) is 4.73. The monoisotopic (exact) mass is 256 g/mol. The zero-order valence-corrected chi connectivity index (χ0v) is 10.7. The Morgan fingerprint density at radius 2 is 2.00 bits per heavy atom. The summed E-state index contributed by atoms with van der Waals surface area (Å²) in [6.45, 7) is 3.95. The van der Waals surface area contributed by atoms with Gasteiger partial charge in [0, 0.05) is 18.9 Å². The minimum atomic E-state index is -1.04. The van der Waals surface area contributed by atoms with Crippen LogP contribution in [0.3, 0.4) is 0 Å². The summed E-state index contributed by atoms with van der Waals surface area (Å²) in [5, 5.41) is 13.8. The van der Waals surface area contributed by atoms with Gasteiger partial charge >= 0.3 is 5.97 Å². The molecule has 6 nitrogen and oxygen atoms in total. The SMILES string of the molecule is CC[C@H](NC(=O)CCNC(=O)C1CC1C)C(=O)O. The molecule has 0 saturated heterocycles. The second-order valence-corrected chi connectivity index (χ2v) is 4.73. The van der Waals surface area contributed by atoms with Crippen LogP contribution in [0.25, 0.3) is 0 Å². The van der Waals surface area contributed by atoms with Crippen LogP contribution >= 0.6 is 0 Å². The van der Waals surface area contributed by atoms with E-state index in [0.29, 0.717) is 12.3 Å². The fourth-order valence-electron chi connectivity index (χ4n) is 1.72. The first-order valence-corrected chi connectivity index (χ1v) is 6.25. The summed E-state index contributed by atoms with van der Waals surface area (Å²) in [5.74, 6) is -0.874. The smallest absolute Gasteiger partial charge is 0.326 e. The molecule has 0 aromatic rings. The molecule has 102 valence electrons. The van der Waals surface area contributed by atoms with Crippen LogP contribution in [0.15, 0.2) is 0 Å². The van der Waals surface area contributed by atoms with Crippen molar-refractivity contribution in [2.24, 2.45) is 11.8 Å². The van der Waals surface area contributed by atoms with Gasteiger partial charge in [0.1, 0.15) is 6.04 Å². The van der Waals surface area contributed by atoms with Crippen LogP contribution in [-0.4, -0.2) is 35.5 Å². The van der Waals surface area contributed by atoms with Crippen molar-refractivity contribution in [3.63, 3.8) is 0 Å². The van der Waals surface area contributed by atoms with Gasteiger partial charge in [0.25, 0.3) is 0 Å². The molecule has 2 unspecified atom stereocenters. The summed E-state index contributed by atoms with van der Waals surface area (Å²) in [6, 6.07) is -0.850. The van der Waals surface area contributed by atoms with Crippen molar-refractivity contribution in [3.8, 4) is 0 Å². The minimum Gasteiger partial charge on any atom is -0.480 e. The highest BCUT2D eigenvalue weighted by atomic mass is 16.4. The molecule has 0 aliphatic heterocycles. The zero-order valence-electron chi connectivity index (χ0n) is 10.7. The molecule has 6 heteroatoms. The topological polar surface area (TPSA) is 95.5 Å². The molecule has 1 aliphatic rings.